The normalized spacial score (nSPS) is 13.3. The standard InChI is InChI=1S/C10H12F6N2O5/c1-4(6(20)22-2)18-5(19)3-17-8(21)23-7(9(11,12)13)10(14,15)16/h4,7H,3H2,1-2H3,(H,17,21)(H,18,19)/t4-/m0/s1. The number of alkyl halides is 6. The summed E-state index contributed by atoms with van der Waals surface area (Å²) in [6, 6.07) is -1.14. The molecule has 0 unspecified atom stereocenters. The predicted molar refractivity (Wildman–Crippen MR) is 60.0 cm³/mol. The molecule has 0 bridgehead atoms. The molecule has 0 saturated carbocycles. The van der Waals surface area contributed by atoms with Crippen LogP contribution in [-0.4, -0.2) is 56.1 Å². The van der Waals surface area contributed by atoms with Gasteiger partial charge in [-0.2, -0.15) is 26.3 Å². The third-order valence-electron chi connectivity index (χ3n) is 2.14. The van der Waals surface area contributed by atoms with Crippen LogP contribution in [0.4, 0.5) is 31.1 Å². The maximum atomic E-state index is 12.1. The van der Waals surface area contributed by atoms with Gasteiger partial charge < -0.3 is 20.1 Å². The first kappa shape index (κ1) is 20.8. The van der Waals surface area contributed by atoms with Crippen molar-refractivity contribution in [1.82, 2.24) is 10.6 Å². The van der Waals surface area contributed by atoms with Crippen LogP contribution in [0.5, 0.6) is 0 Å². The molecule has 0 aliphatic carbocycles. The van der Waals surface area contributed by atoms with Gasteiger partial charge in [0.25, 0.3) is 6.10 Å². The summed E-state index contributed by atoms with van der Waals surface area (Å²) in [7, 11) is 1.02. The molecule has 2 N–H and O–H groups in total. The van der Waals surface area contributed by atoms with Crippen molar-refractivity contribution in [3.8, 4) is 0 Å². The fourth-order valence-corrected chi connectivity index (χ4v) is 1.15. The summed E-state index contributed by atoms with van der Waals surface area (Å²) in [6.45, 7) is 0.188. The fourth-order valence-electron chi connectivity index (χ4n) is 1.15. The highest BCUT2D eigenvalue weighted by atomic mass is 19.4. The topological polar surface area (TPSA) is 93.7 Å². The van der Waals surface area contributed by atoms with Gasteiger partial charge in [0.1, 0.15) is 12.6 Å². The third kappa shape index (κ3) is 7.56. The largest absolute Gasteiger partial charge is 0.467 e. The molecule has 0 aromatic heterocycles. The van der Waals surface area contributed by atoms with E-state index in [9.17, 15) is 40.7 Å². The lowest BCUT2D eigenvalue weighted by molar-refractivity contribution is -0.306. The number of esters is 1. The van der Waals surface area contributed by atoms with E-state index >= 15 is 0 Å². The number of hydrogen-bond donors (Lipinski definition) is 2. The number of alkyl carbamates (subject to hydrolysis) is 1. The van der Waals surface area contributed by atoms with Crippen molar-refractivity contribution in [3.05, 3.63) is 0 Å². The first-order valence-electron chi connectivity index (χ1n) is 5.74. The molecule has 23 heavy (non-hydrogen) atoms. The molecule has 1 atom stereocenters. The average Bonchev–Trinajstić information content (AvgIpc) is 2.38. The van der Waals surface area contributed by atoms with E-state index in [1.165, 1.54) is 12.2 Å². The molecule has 0 radical (unpaired) electrons. The SMILES string of the molecule is COC(=O)[C@H](C)NC(=O)CNC(=O)OC(C(F)(F)F)C(F)(F)F. The monoisotopic (exact) mass is 354 g/mol. The van der Waals surface area contributed by atoms with Crippen LogP contribution in [0.15, 0.2) is 0 Å². The van der Waals surface area contributed by atoms with E-state index in [4.69, 9.17) is 0 Å². The second kappa shape index (κ2) is 7.87. The van der Waals surface area contributed by atoms with Crippen LogP contribution in [0.3, 0.4) is 0 Å². The number of amides is 2. The molecule has 0 saturated heterocycles. The van der Waals surface area contributed by atoms with E-state index in [1.807, 2.05) is 5.32 Å². The maximum Gasteiger partial charge on any atom is 0.434 e. The smallest absolute Gasteiger partial charge is 0.434 e. The molecule has 0 aliphatic rings. The Bertz CT molecular complexity index is 436. The fraction of sp³-hybridized carbons (Fsp3) is 0.700. The number of nitrogens with one attached hydrogen (secondary N) is 2. The minimum atomic E-state index is -5.86. The summed E-state index contributed by atoms with van der Waals surface area (Å²) in [5.41, 5.74) is 0. The molecule has 0 aromatic carbocycles. The minimum Gasteiger partial charge on any atom is -0.467 e. The Morgan fingerprint density at radius 2 is 1.52 bits per heavy atom. The lowest BCUT2D eigenvalue weighted by Crippen LogP contribution is -2.49. The lowest BCUT2D eigenvalue weighted by Gasteiger charge is -2.22. The van der Waals surface area contributed by atoms with Crippen molar-refractivity contribution in [3.63, 3.8) is 0 Å². The maximum absolute atomic E-state index is 12.1. The molecular formula is C10H12F6N2O5. The summed E-state index contributed by atoms with van der Waals surface area (Å²) in [5.74, 6) is -1.91. The van der Waals surface area contributed by atoms with Crippen LogP contribution in [-0.2, 0) is 19.1 Å². The van der Waals surface area contributed by atoms with Crippen molar-refractivity contribution in [2.24, 2.45) is 0 Å². The number of carbonyl (C=O) groups excluding carboxylic acids is 3. The Morgan fingerprint density at radius 1 is 1.04 bits per heavy atom. The number of methoxy groups -OCH3 is 1. The quantitative estimate of drug-likeness (QED) is 0.565. The zero-order chi connectivity index (χ0) is 18.4. The molecule has 0 rings (SSSR count). The Morgan fingerprint density at radius 3 is 1.91 bits per heavy atom. The molecule has 0 aromatic rings. The first-order valence-corrected chi connectivity index (χ1v) is 5.74. The number of ether oxygens (including phenoxy) is 2. The van der Waals surface area contributed by atoms with Crippen LogP contribution < -0.4 is 10.6 Å². The zero-order valence-corrected chi connectivity index (χ0v) is 11.7. The lowest BCUT2D eigenvalue weighted by atomic mass is 10.3. The van der Waals surface area contributed by atoms with Crippen LogP contribution in [0.1, 0.15) is 6.92 Å². The molecule has 7 nitrogen and oxygen atoms in total. The molecular weight excluding hydrogens is 342 g/mol. The van der Waals surface area contributed by atoms with Crippen molar-refractivity contribution >= 4 is 18.0 Å². The highest BCUT2D eigenvalue weighted by molar-refractivity contribution is 5.86. The van der Waals surface area contributed by atoms with Crippen LogP contribution in [0.25, 0.3) is 0 Å². The zero-order valence-electron chi connectivity index (χ0n) is 11.7. The van der Waals surface area contributed by atoms with Crippen LogP contribution in [0.2, 0.25) is 0 Å². The van der Waals surface area contributed by atoms with E-state index < -0.39 is 49.0 Å². The highest BCUT2D eigenvalue weighted by Gasteiger charge is 2.60. The van der Waals surface area contributed by atoms with Gasteiger partial charge in [-0.3, -0.25) is 4.79 Å². The van der Waals surface area contributed by atoms with Gasteiger partial charge in [0.05, 0.1) is 7.11 Å². The Labute approximate surface area is 125 Å². The second-order valence-electron chi connectivity index (χ2n) is 4.03. The van der Waals surface area contributed by atoms with Crippen molar-refractivity contribution in [1.29, 1.82) is 0 Å². The van der Waals surface area contributed by atoms with Gasteiger partial charge in [-0.15, -0.1) is 0 Å². The van der Waals surface area contributed by atoms with E-state index in [0.717, 1.165) is 7.11 Å². The summed E-state index contributed by atoms with van der Waals surface area (Å²) >= 11 is 0. The molecule has 2 amide bonds. The Kier molecular flexibility index (Phi) is 7.12. The molecule has 0 fully saturated rings. The van der Waals surface area contributed by atoms with E-state index in [1.54, 1.807) is 0 Å². The van der Waals surface area contributed by atoms with E-state index in [2.05, 4.69) is 9.47 Å². The van der Waals surface area contributed by atoms with Crippen molar-refractivity contribution in [2.75, 3.05) is 13.7 Å². The number of rotatable bonds is 5. The van der Waals surface area contributed by atoms with Crippen molar-refractivity contribution < 1.29 is 50.2 Å². The number of halogens is 6. The summed E-state index contributed by atoms with van der Waals surface area (Å²) in [5, 5.41) is 3.37. The van der Waals surface area contributed by atoms with Gasteiger partial charge in [-0.1, -0.05) is 0 Å². The first-order chi connectivity index (χ1) is 10.3. The van der Waals surface area contributed by atoms with Crippen LogP contribution in [0, 0.1) is 0 Å². The van der Waals surface area contributed by atoms with Gasteiger partial charge in [-0.25, -0.2) is 9.59 Å². The van der Waals surface area contributed by atoms with E-state index in [-0.39, 0.29) is 0 Å². The van der Waals surface area contributed by atoms with E-state index in [0.29, 0.717) is 0 Å². The Balaban J connectivity index is 4.50. The molecule has 0 aliphatic heterocycles. The summed E-state index contributed by atoms with van der Waals surface area (Å²) in [4.78, 5) is 33.1. The molecule has 0 heterocycles. The summed E-state index contributed by atoms with van der Waals surface area (Å²) < 4.78 is 80.2. The average molecular weight is 354 g/mol. The predicted octanol–water partition coefficient (Wildman–Crippen LogP) is 0.883. The highest BCUT2D eigenvalue weighted by Crippen LogP contribution is 2.35. The number of hydrogen-bond acceptors (Lipinski definition) is 5. The molecule has 13 heteroatoms. The number of carbonyl (C=O) groups is 3. The summed E-state index contributed by atoms with van der Waals surface area (Å²) in [6.07, 6.45) is -18.2. The third-order valence-corrected chi connectivity index (χ3v) is 2.14. The Hall–Kier alpha value is -2.21. The molecule has 0 spiro atoms. The van der Waals surface area contributed by atoms with Gasteiger partial charge in [-0.05, 0) is 6.92 Å². The minimum absolute atomic E-state index is 0.852. The van der Waals surface area contributed by atoms with Crippen molar-refractivity contribution in [2.45, 2.75) is 31.4 Å². The van der Waals surface area contributed by atoms with Gasteiger partial charge >= 0.3 is 24.4 Å². The second-order valence-corrected chi connectivity index (χ2v) is 4.03. The van der Waals surface area contributed by atoms with Gasteiger partial charge in [0.2, 0.25) is 5.91 Å². The van der Waals surface area contributed by atoms with Gasteiger partial charge in [0.15, 0.2) is 0 Å². The van der Waals surface area contributed by atoms with Crippen LogP contribution >= 0.6 is 0 Å². The van der Waals surface area contributed by atoms with Gasteiger partial charge in [0, 0.05) is 0 Å². The molecule has 134 valence electrons.